The summed E-state index contributed by atoms with van der Waals surface area (Å²) < 4.78 is 0. The molecule has 2 fully saturated rings. The predicted molar refractivity (Wildman–Crippen MR) is 57.8 cm³/mol. The number of rotatable bonds is 1. The normalized spacial score (nSPS) is 40.2. The van der Waals surface area contributed by atoms with Gasteiger partial charge in [0.25, 0.3) is 0 Å². The van der Waals surface area contributed by atoms with E-state index in [0.29, 0.717) is 6.42 Å². The van der Waals surface area contributed by atoms with Gasteiger partial charge in [-0.25, -0.2) is 0 Å². The number of nitrogens with one attached hydrogen (secondary N) is 1. The molecule has 0 radical (unpaired) electrons. The van der Waals surface area contributed by atoms with Gasteiger partial charge in [-0.2, -0.15) is 15.8 Å². The molecule has 0 aromatic heterocycles. The van der Waals surface area contributed by atoms with E-state index in [4.69, 9.17) is 0 Å². The molecular formula is C12H12N4O2. The van der Waals surface area contributed by atoms with Gasteiger partial charge in [0.15, 0.2) is 10.8 Å². The lowest BCUT2D eigenvalue weighted by Gasteiger charge is -2.43. The number of nitrogens with zero attached hydrogens (tertiary/aromatic N) is 3. The van der Waals surface area contributed by atoms with Gasteiger partial charge in [-0.05, 0) is 5.92 Å². The highest BCUT2D eigenvalue weighted by Crippen LogP contribution is 2.59. The monoisotopic (exact) mass is 244 g/mol. The highest BCUT2D eigenvalue weighted by molar-refractivity contribution is 5.91. The summed E-state index contributed by atoms with van der Waals surface area (Å²) in [5.41, 5.74) is -4.93. The maximum atomic E-state index is 12.0. The van der Waals surface area contributed by atoms with Gasteiger partial charge in [0.05, 0.1) is 18.2 Å². The lowest BCUT2D eigenvalue weighted by atomic mass is 9.52. The van der Waals surface area contributed by atoms with Crippen LogP contribution in [-0.2, 0) is 4.79 Å². The number of carbonyl (C=O) groups is 1. The van der Waals surface area contributed by atoms with E-state index < -0.39 is 28.4 Å². The third-order valence-corrected chi connectivity index (χ3v) is 4.20. The van der Waals surface area contributed by atoms with Crippen LogP contribution in [0.4, 0.5) is 0 Å². The molecule has 0 aromatic rings. The molecule has 3 atom stereocenters. The second-order valence-electron chi connectivity index (χ2n) is 5.02. The van der Waals surface area contributed by atoms with Crippen molar-refractivity contribution in [1.29, 1.82) is 15.8 Å². The molecule has 2 N–H and O–H groups in total. The first kappa shape index (κ1) is 12.4. The number of aliphatic hydroxyl groups is 1. The molecular weight excluding hydrogens is 232 g/mol. The third-order valence-electron chi connectivity index (χ3n) is 4.20. The number of amides is 1. The Hall–Kier alpha value is -2.10. The number of carbonyl (C=O) groups excluding carboxylic acids is 1. The maximum Gasteiger partial charge on any atom is 0.245 e. The van der Waals surface area contributed by atoms with Crippen LogP contribution in [0.3, 0.4) is 0 Å². The molecule has 0 unspecified atom stereocenters. The zero-order valence-corrected chi connectivity index (χ0v) is 9.90. The Balaban J connectivity index is 2.71. The number of hydrogen-bond donors (Lipinski definition) is 2. The standard InChI is InChI=1S/C12H12N4O2/c1-2-8-3-12(18)4-10(5-13,9(17)16-12)11(8,6-14)7-15/h8,18H,2-4H2,1H3,(H,16,17)/t8-,10+,12-/m1/s1. The minimum atomic E-state index is -1.77. The largest absolute Gasteiger partial charge is 0.371 e. The molecule has 0 spiro atoms. The van der Waals surface area contributed by atoms with Crippen molar-refractivity contribution >= 4 is 5.91 Å². The summed E-state index contributed by atoms with van der Waals surface area (Å²) in [5, 5.41) is 40.7. The van der Waals surface area contributed by atoms with Crippen LogP contribution in [0.25, 0.3) is 0 Å². The Bertz CT molecular complexity index is 524. The van der Waals surface area contributed by atoms with Crippen LogP contribution < -0.4 is 5.32 Å². The zero-order valence-electron chi connectivity index (χ0n) is 9.90. The van der Waals surface area contributed by atoms with Gasteiger partial charge < -0.3 is 10.4 Å². The Labute approximate surface area is 104 Å². The summed E-state index contributed by atoms with van der Waals surface area (Å²) in [4.78, 5) is 12.0. The van der Waals surface area contributed by atoms with E-state index in [-0.39, 0.29) is 12.8 Å². The molecule has 1 aliphatic heterocycles. The van der Waals surface area contributed by atoms with Crippen LogP contribution in [-0.4, -0.2) is 16.7 Å². The minimum Gasteiger partial charge on any atom is -0.371 e. The van der Waals surface area contributed by atoms with Crippen LogP contribution in [0, 0.1) is 50.7 Å². The van der Waals surface area contributed by atoms with Crippen LogP contribution >= 0.6 is 0 Å². The lowest BCUT2D eigenvalue weighted by molar-refractivity contribution is -0.128. The van der Waals surface area contributed by atoms with Crippen molar-refractivity contribution in [1.82, 2.24) is 5.32 Å². The highest BCUT2D eigenvalue weighted by atomic mass is 16.3. The summed E-state index contributed by atoms with van der Waals surface area (Å²) in [6.45, 7) is 1.78. The topological polar surface area (TPSA) is 121 Å². The van der Waals surface area contributed by atoms with Gasteiger partial charge in [0.2, 0.25) is 5.91 Å². The fourth-order valence-electron chi connectivity index (χ4n) is 3.26. The molecule has 18 heavy (non-hydrogen) atoms. The van der Waals surface area contributed by atoms with Crippen molar-refractivity contribution < 1.29 is 9.90 Å². The van der Waals surface area contributed by atoms with E-state index in [2.05, 4.69) is 5.32 Å². The van der Waals surface area contributed by atoms with Crippen molar-refractivity contribution in [3.8, 4) is 18.2 Å². The summed E-state index contributed by atoms with van der Waals surface area (Å²) >= 11 is 0. The molecule has 92 valence electrons. The van der Waals surface area contributed by atoms with Crippen LogP contribution in [0.1, 0.15) is 26.2 Å². The molecule has 2 rings (SSSR count). The Morgan fingerprint density at radius 3 is 2.44 bits per heavy atom. The molecule has 2 bridgehead atoms. The van der Waals surface area contributed by atoms with Crippen LogP contribution in [0.15, 0.2) is 0 Å². The molecule has 6 heteroatoms. The smallest absolute Gasteiger partial charge is 0.245 e. The van der Waals surface area contributed by atoms with Gasteiger partial charge in [0, 0.05) is 12.8 Å². The summed E-state index contributed by atoms with van der Waals surface area (Å²) in [7, 11) is 0. The van der Waals surface area contributed by atoms with Crippen molar-refractivity contribution in [2.45, 2.75) is 31.9 Å². The van der Waals surface area contributed by atoms with E-state index in [9.17, 15) is 25.7 Å². The molecule has 1 saturated carbocycles. The molecule has 1 amide bonds. The van der Waals surface area contributed by atoms with E-state index in [1.54, 1.807) is 6.92 Å². The van der Waals surface area contributed by atoms with Gasteiger partial charge in [-0.15, -0.1) is 0 Å². The quantitative estimate of drug-likeness (QED) is 0.681. The van der Waals surface area contributed by atoms with Gasteiger partial charge >= 0.3 is 0 Å². The molecule has 2 aliphatic rings. The van der Waals surface area contributed by atoms with Crippen molar-refractivity contribution in [3.05, 3.63) is 0 Å². The Kier molecular flexibility index (Phi) is 2.37. The van der Waals surface area contributed by atoms with Crippen molar-refractivity contribution in [2.24, 2.45) is 16.7 Å². The summed E-state index contributed by atoms with van der Waals surface area (Å²) in [6.07, 6.45) is 0.370. The Morgan fingerprint density at radius 1 is 1.39 bits per heavy atom. The predicted octanol–water partition coefficient (Wildman–Crippen LogP) is 0.168. The zero-order chi connectivity index (χ0) is 13.6. The number of nitriles is 3. The first-order valence-electron chi connectivity index (χ1n) is 5.72. The van der Waals surface area contributed by atoms with E-state index >= 15 is 0 Å². The molecule has 6 nitrogen and oxygen atoms in total. The van der Waals surface area contributed by atoms with Crippen LogP contribution in [0.5, 0.6) is 0 Å². The lowest BCUT2D eigenvalue weighted by Crippen LogP contribution is -2.53. The average Bonchev–Trinajstić information content (AvgIpc) is 2.59. The molecule has 1 saturated heterocycles. The fraction of sp³-hybridized carbons (Fsp3) is 0.667. The molecule has 1 aliphatic carbocycles. The third kappa shape index (κ3) is 1.10. The van der Waals surface area contributed by atoms with Crippen molar-refractivity contribution in [3.63, 3.8) is 0 Å². The minimum absolute atomic E-state index is 0.125. The van der Waals surface area contributed by atoms with E-state index in [1.165, 1.54) is 0 Å². The van der Waals surface area contributed by atoms with Crippen molar-refractivity contribution in [2.75, 3.05) is 0 Å². The second kappa shape index (κ2) is 3.45. The van der Waals surface area contributed by atoms with Crippen LogP contribution in [0.2, 0.25) is 0 Å². The summed E-state index contributed by atoms with van der Waals surface area (Å²) in [6, 6.07) is 5.58. The molecule has 1 heterocycles. The second-order valence-corrected chi connectivity index (χ2v) is 5.02. The summed E-state index contributed by atoms with van der Waals surface area (Å²) in [5.74, 6) is -1.23. The first-order chi connectivity index (χ1) is 8.43. The Morgan fingerprint density at radius 2 is 2.00 bits per heavy atom. The SMILES string of the molecule is CC[C@@H]1C[C@@]2(O)C[C@](C#N)(C(=O)N2)C1(C#N)C#N. The number of hydrogen-bond acceptors (Lipinski definition) is 5. The number of fused-ring (bicyclic) bond motifs is 2. The van der Waals surface area contributed by atoms with E-state index in [1.807, 2.05) is 18.2 Å². The van der Waals surface area contributed by atoms with Gasteiger partial charge in [0.1, 0.15) is 5.72 Å². The van der Waals surface area contributed by atoms with Gasteiger partial charge in [-0.1, -0.05) is 13.3 Å². The average molecular weight is 244 g/mol. The first-order valence-corrected chi connectivity index (χ1v) is 5.72. The highest BCUT2D eigenvalue weighted by Gasteiger charge is 2.73. The van der Waals surface area contributed by atoms with Gasteiger partial charge in [-0.3, -0.25) is 4.79 Å². The maximum absolute atomic E-state index is 12.0. The fourth-order valence-corrected chi connectivity index (χ4v) is 3.26. The molecule has 0 aromatic carbocycles. The van der Waals surface area contributed by atoms with E-state index in [0.717, 1.165) is 0 Å².